The van der Waals surface area contributed by atoms with Crippen LogP contribution in [-0.2, 0) is 0 Å². The van der Waals surface area contributed by atoms with Crippen molar-refractivity contribution in [1.29, 1.82) is 0 Å². The molecule has 0 aliphatic heterocycles. The topological polar surface area (TPSA) is 0 Å². The molecule has 0 nitrogen and oxygen atoms in total. The zero-order valence-electron chi connectivity index (χ0n) is 7.46. The minimum absolute atomic E-state index is 0. The largest absolute Gasteiger partial charge is 0.0623 e. The Balaban J connectivity index is -0.0000000450. The van der Waals surface area contributed by atoms with Gasteiger partial charge in [0.25, 0.3) is 0 Å². The van der Waals surface area contributed by atoms with E-state index in [1.165, 1.54) is 0 Å². The van der Waals surface area contributed by atoms with Gasteiger partial charge in [0.1, 0.15) is 0 Å². The van der Waals surface area contributed by atoms with E-state index in [9.17, 15) is 0 Å². The van der Waals surface area contributed by atoms with Gasteiger partial charge in [-0.05, 0) is 0 Å². The maximum Gasteiger partial charge on any atom is 0 e. The molecule has 34 valence electrons. The molecule has 0 saturated carbocycles. The van der Waals surface area contributed by atoms with E-state index >= 15 is 0 Å². The molecule has 0 amide bonds. The predicted molar refractivity (Wildman–Crippen MR) is 49.5 cm³/mol. The fourth-order valence-electron chi connectivity index (χ4n) is 0.385. The molecule has 0 heterocycles. The van der Waals surface area contributed by atoms with Crippen LogP contribution in [0.15, 0.2) is 36.4 Å². The second-order valence-corrected chi connectivity index (χ2v) is 1.15. The molecule has 0 N–H and O–H groups in total. The van der Waals surface area contributed by atoms with Crippen LogP contribution in [0.4, 0.5) is 0 Å². The molecule has 0 bridgehead atoms. The second-order valence-electron chi connectivity index (χ2n) is 1.15. The number of benzene rings is 1. The van der Waals surface area contributed by atoms with Crippen molar-refractivity contribution in [2.45, 2.75) is 0 Å². The Morgan fingerprint density at radius 3 is 0.500 bits per heavy atom. The van der Waals surface area contributed by atoms with Gasteiger partial charge >= 0.3 is 0 Å². The summed E-state index contributed by atoms with van der Waals surface area (Å²) in [5.74, 6) is 0. The smallest absolute Gasteiger partial charge is 0 e. The van der Waals surface area contributed by atoms with Crippen molar-refractivity contribution >= 4 is 118 Å². The van der Waals surface area contributed by atoms with E-state index in [1.54, 1.807) is 0 Å². The van der Waals surface area contributed by atoms with Crippen molar-refractivity contribution in [3.63, 3.8) is 0 Å². The van der Waals surface area contributed by atoms with Crippen LogP contribution in [0, 0.1) is 0 Å². The van der Waals surface area contributed by atoms with Crippen LogP contribution in [0.5, 0.6) is 0 Å². The van der Waals surface area contributed by atoms with Crippen molar-refractivity contribution in [2.75, 3.05) is 0 Å². The van der Waals surface area contributed by atoms with Crippen molar-refractivity contribution in [2.24, 2.45) is 0 Å². The summed E-state index contributed by atoms with van der Waals surface area (Å²) >= 11 is 0. The maximum atomic E-state index is 2.00. The van der Waals surface area contributed by atoms with E-state index in [2.05, 4.69) is 0 Å². The fourth-order valence-corrected chi connectivity index (χ4v) is 0.385. The van der Waals surface area contributed by atoms with Gasteiger partial charge in [0, 0.05) is 118 Å². The monoisotopic (exact) mass is 170 g/mol. The van der Waals surface area contributed by atoms with Gasteiger partial charge in [-0.2, -0.15) is 0 Å². The number of hydrogen-bond donors (Lipinski definition) is 0. The van der Waals surface area contributed by atoms with Gasteiger partial charge in [-0.1, -0.05) is 36.4 Å². The Bertz CT molecular complexity index is 81.7. The summed E-state index contributed by atoms with van der Waals surface area (Å²) in [4.78, 5) is 0. The van der Waals surface area contributed by atoms with E-state index < -0.39 is 0 Å². The Hall–Kier alpha value is 3.22. The summed E-state index contributed by atoms with van der Waals surface area (Å²) < 4.78 is 0. The van der Waals surface area contributed by atoms with Gasteiger partial charge in [0.2, 0.25) is 0 Å². The molecule has 0 unspecified atom stereocenters. The Morgan fingerprint density at radius 1 is 0.300 bits per heavy atom. The fraction of sp³-hybridized carbons (Fsp3) is 0. The predicted octanol–water partition coefficient (Wildman–Crippen LogP) is 0.163. The van der Waals surface area contributed by atoms with Crippen molar-refractivity contribution in [1.82, 2.24) is 0 Å². The summed E-state index contributed by atoms with van der Waals surface area (Å²) in [6, 6.07) is 12.0. The molecular weight excluding hydrogens is 164 g/mol. The van der Waals surface area contributed by atoms with Crippen LogP contribution in [0.25, 0.3) is 0 Å². The average Bonchev–Trinajstić information content (AvgIpc) is 1.72. The van der Waals surface area contributed by atoms with Gasteiger partial charge in [-0.3, -0.25) is 0 Å². The minimum Gasteiger partial charge on any atom is -0.0623 e. The van der Waals surface area contributed by atoms with Crippen LogP contribution >= 0.6 is 0 Å². The molecule has 0 saturated heterocycles. The zero-order chi connectivity index (χ0) is 4.24. The Kier molecular flexibility index (Phi) is 42.0. The normalized spacial score (nSPS) is 4.80. The van der Waals surface area contributed by atoms with Gasteiger partial charge in [0.05, 0.1) is 0 Å². The molecule has 0 fully saturated rings. The molecule has 1 aromatic carbocycles. The molecule has 1 rings (SSSR count). The number of rotatable bonds is 0. The average molecular weight is 170 g/mol. The van der Waals surface area contributed by atoms with Gasteiger partial charge in [-0.25, -0.2) is 0 Å². The van der Waals surface area contributed by atoms with Crippen LogP contribution in [-0.4, -0.2) is 118 Å². The molecule has 1 aromatic rings. The Morgan fingerprint density at radius 2 is 0.400 bits per heavy atom. The first kappa shape index (κ1) is 23.2. The van der Waals surface area contributed by atoms with E-state index in [0.717, 1.165) is 0 Å². The molecule has 0 aliphatic carbocycles. The van der Waals surface area contributed by atoms with E-state index in [1.807, 2.05) is 36.4 Å². The first-order valence-electron chi connectivity index (χ1n) is 2.00. The van der Waals surface area contributed by atoms with Gasteiger partial charge in [-0.15, -0.1) is 0 Å². The van der Waals surface area contributed by atoms with Gasteiger partial charge in [0.15, 0.2) is 0 Å². The summed E-state index contributed by atoms with van der Waals surface area (Å²) in [6.07, 6.45) is 0. The van der Waals surface area contributed by atoms with E-state index in [0.29, 0.717) is 0 Å². The van der Waals surface area contributed by atoms with Crippen molar-refractivity contribution in [3.8, 4) is 0 Å². The molecule has 0 spiro atoms. The molecule has 4 heteroatoms. The molecule has 0 aromatic heterocycles. The van der Waals surface area contributed by atoms with Crippen LogP contribution < -0.4 is 0 Å². The van der Waals surface area contributed by atoms with Crippen molar-refractivity contribution in [3.05, 3.63) is 36.4 Å². The first-order chi connectivity index (χ1) is 3.00. The summed E-state index contributed by atoms with van der Waals surface area (Å²) in [5.41, 5.74) is 0. The zero-order valence-corrected chi connectivity index (χ0v) is 15.5. The number of hydrogen-bond acceptors (Lipinski definition) is 0. The molecule has 10 heavy (non-hydrogen) atoms. The summed E-state index contributed by atoms with van der Waals surface area (Å²) in [6.45, 7) is 0. The van der Waals surface area contributed by atoms with E-state index in [-0.39, 0.29) is 118 Å². The van der Waals surface area contributed by atoms with Gasteiger partial charge < -0.3 is 0 Å². The quantitative estimate of drug-likeness (QED) is 0.486. The third-order valence-corrected chi connectivity index (χ3v) is 0.667. The minimum atomic E-state index is 0. The van der Waals surface area contributed by atoms with Crippen LogP contribution in [0.2, 0.25) is 0 Å². The maximum absolute atomic E-state index is 2.00. The van der Waals surface area contributed by atoms with Crippen LogP contribution in [0.3, 0.4) is 0 Å². The van der Waals surface area contributed by atoms with Crippen LogP contribution in [0.1, 0.15) is 0 Å². The third-order valence-electron chi connectivity index (χ3n) is 0.667. The van der Waals surface area contributed by atoms with E-state index in [4.69, 9.17) is 0 Å². The SMILES string of the molecule is [Na].[Na].[Na].[Na].c1ccccc1. The third kappa shape index (κ3) is 13.8. The summed E-state index contributed by atoms with van der Waals surface area (Å²) in [5, 5.41) is 0. The summed E-state index contributed by atoms with van der Waals surface area (Å²) in [7, 11) is 0. The van der Waals surface area contributed by atoms with Crippen molar-refractivity contribution < 1.29 is 0 Å². The Labute approximate surface area is 151 Å². The second kappa shape index (κ2) is 18.1. The molecule has 0 aliphatic rings. The standard InChI is InChI=1S/C6H6.4Na/c1-2-4-6-5-3-1;;;;/h1-6H;;;;. The molecular formula is C6H6Na4. The first-order valence-corrected chi connectivity index (χ1v) is 2.00. The molecule has 4 radical (unpaired) electrons. The molecule has 0 atom stereocenters.